The highest BCUT2D eigenvalue weighted by Crippen LogP contribution is 2.25. The van der Waals surface area contributed by atoms with E-state index in [2.05, 4.69) is 20.9 Å². The summed E-state index contributed by atoms with van der Waals surface area (Å²) in [5.41, 5.74) is 3.60. The van der Waals surface area contributed by atoms with Crippen LogP contribution in [0.1, 0.15) is 23.2 Å². The Bertz CT molecular complexity index is 381. The molecule has 0 saturated carbocycles. The van der Waals surface area contributed by atoms with Gasteiger partial charge in [-0.05, 0) is 53.2 Å². The van der Waals surface area contributed by atoms with Crippen LogP contribution < -0.4 is 5.56 Å². The van der Waals surface area contributed by atoms with Crippen LogP contribution in [0.25, 0.3) is 0 Å². The predicted octanol–water partition coefficient (Wildman–Crippen LogP) is 1.93. The van der Waals surface area contributed by atoms with Gasteiger partial charge in [0.1, 0.15) is 0 Å². The number of hydrogen-bond acceptors (Lipinski definition) is 1. The molecule has 2 nitrogen and oxygen atoms in total. The van der Waals surface area contributed by atoms with Crippen LogP contribution in [-0.2, 0) is 12.8 Å². The Hall–Kier alpha value is -0.570. The topological polar surface area (TPSA) is 32.9 Å². The van der Waals surface area contributed by atoms with E-state index in [0.717, 1.165) is 24.1 Å². The summed E-state index contributed by atoms with van der Waals surface area (Å²) in [6, 6.07) is 0. The SMILES string of the molecule is Cc1c2c([nH]c(=O)c1Br)CCC2. The van der Waals surface area contributed by atoms with E-state index in [0.29, 0.717) is 4.47 Å². The van der Waals surface area contributed by atoms with Crippen molar-refractivity contribution in [3.63, 3.8) is 0 Å². The van der Waals surface area contributed by atoms with Gasteiger partial charge in [-0.25, -0.2) is 0 Å². The van der Waals surface area contributed by atoms with E-state index in [1.165, 1.54) is 12.0 Å². The molecule has 1 heterocycles. The van der Waals surface area contributed by atoms with Gasteiger partial charge >= 0.3 is 0 Å². The van der Waals surface area contributed by atoms with Crippen LogP contribution >= 0.6 is 15.9 Å². The molecule has 3 heteroatoms. The molecular weight excluding hydrogens is 218 g/mol. The molecule has 12 heavy (non-hydrogen) atoms. The molecule has 0 aromatic carbocycles. The second-order valence-corrected chi connectivity index (χ2v) is 4.00. The van der Waals surface area contributed by atoms with Crippen molar-refractivity contribution >= 4 is 15.9 Å². The van der Waals surface area contributed by atoms with Crippen molar-refractivity contribution in [3.8, 4) is 0 Å². The molecule has 2 rings (SSSR count). The average Bonchev–Trinajstić information content (AvgIpc) is 2.48. The summed E-state index contributed by atoms with van der Waals surface area (Å²) in [4.78, 5) is 14.2. The van der Waals surface area contributed by atoms with Gasteiger partial charge in [0, 0.05) is 5.69 Å². The van der Waals surface area contributed by atoms with Gasteiger partial charge in [-0.3, -0.25) is 4.79 Å². The van der Waals surface area contributed by atoms with E-state index < -0.39 is 0 Å². The standard InChI is InChI=1S/C9H10BrNO/c1-5-6-3-2-4-7(6)11-9(12)8(5)10/h2-4H2,1H3,(H,11,12). The van der Waals surface area contributed by atoms with Crippen molar-refractivity contribution in [1.82, 2.24) is 4.98 Å². The molecule has 0 radical (unpaired) electrons. The summed E-state index contributed by atoms with van der Waals surface area (Å²) in [7, 11) is 0. The summed E-state index contributed by atoms with van der Waals surface area (Å²) in [6.07, 6.45) is 3.30. The summed E-state index contributed by atoms with van der Waals surface area (Å²) in [6.45, 7) is 2.00. The molecule has 1 aliphatic rings. The zero-order valence-corrected chi connectivity index (χ0v) is 8.49. The van der Waals surface area contributed by atoms with Crippen LogP contribution in [0, 0.1) is 6.92 Å². The van der Waals surface area contributed by atoms with Gasteiger partial charge in [0.2, 0.25) is 0 Å². The van der Waals surface area contributed by atoms with Crippen LogP contribution in [-0.4, -0.2) is 4.98 Å². The fourth-order valence-electron chi connectivity index (χ4n) is 1.79. The van der Waals surface area contributed by atoms with E-state index in [4.69, 9.17) is 0 Å². The molecule has 0 aliphatic heterocycles. The number of aryl methyl sites for hydroxylation is 1. The second kappa shape index (κ2) is 2.73. The number of fused-ring (bicyclic) bond motifs is 1. The molecule has 64 valence electrons. The molecule has 0 unspecified atom stereocenters. The molecule has 0 spiro atoms. The number of H-pyrrole nitrogens is 1. The molecular formula is C9H10BrNO. The molecule has 1 aromatic rings. The lowest BCUT2D eigenvalue weighted by molar-refractivity contribution is 0.896. The molecule has 1 N–H and O–H groups in total. The van der Waals surface area contributed by atoms with E-state index in [1.807, 2.05) is 6.92 Å². The second-order valence-electron chi connectivity index (χ2n) is 3.20. The van der Waals surface area contributed by atoms with E-state index in [-0.39, 0.29) is 5.56 Å². The van der Waals surface area contributed by atoms with Crippen LogP contribution in [0.2, 0.25) is 0 Å². The number of hydrogen-bond donors (Lipinski definition) is 1. The maximum Gasteiger partial charge on any atom is 0.262 e. The first-order chi connectivity index (χ1) is 5.70. The smallest absolute Gasteiger partial charge is 0.262 e. The fourth-order valence-corrected chi connectivity index (χ4v) is 2.13. The van der Waals surface area contributed by atoms with E-state index >= 15 is 0 Å². The van der Waals surface area contributed by atoms with Crippen molar-refractivity contribution < 1.29 is 0 Å². The Kier molecular flexibility index (Phi) is 1.83. The number of halogens is 1. The Morgan fingerprint density at radius 1 is 1.42 bits per heavy atom. The van der Waals surface area contributed by atoms with Gasteiger partial charge in [0.25, 0.3) is 5.56 Å². The Morgan fingerprint density at radius 3 is 2.92 bits per heavy atom. The van der Waals surface area contributed by atoms with Crippen molar-refractivity contribution in [2.75, 3.05) is 0 Å². The highest BCUT2D eigenvalue weighted by atomic mass is 79.9. The molecule has 1 aliphatic carbocycles. The number of rotatable bonds is 0. The fraction of sp³-hybridized carbons (Fsp3) is 0.444. The van der Waals surface area contributed by atoms with Crippen molar-refractivity contribution in [1.29, 1.82) is 0 Å². The molecule has 0 amide bonds. The largest absolute Gasteiger partial charge is 0.325 e. The molecule has 1 aromatic heterocycles. The highest BCUT2D eigenvalue weighted by Gasteiger charge is 2.16. The van der Waals surface area contributed by atoms with Gasteiger partial charge in [-0.2, -0.15) is 0 Å². The minimum Gasteiger partial charge on any atom is -0.325 e. The first-order valence-electron chi connectivity index (χ1n) is 4.10. The van der Waals surface area contributed by atoms with Crippen molar-refractivity contribution in [3.05, 3.63) is 31.6 Å². The normalized spacial score (nSPS) is 14.8. The number of aromatic nitrogens is 1. The molecule has 0 fully saturated rings. The van der Waals surface area contributed by atoms with Gasteiger partial charge < -0.3 is 4.98 Å². The third-order valence-corrected chi connectivity index (χ3v) is 3.42. The first-order valence-corrected chi connectivity index (χ1v) is 4.89. The summed E-state index contributed by atoms with van der Waals surface area (Å²) < 4.78 is 0.697. The monoisotopic (exact) mass is 227 g/mol. The van der Waals surface area contributed by atoms with Gasteiger partial charge in [0.15, 0.2) is 0 Å². The Balaban J connectivity index is 2.76. The molecule has 0 atom stereocenters. The Morgan fingerprint density at radius 2 is 2.17 bits per heavy atom. The zero-order chi connectivity index (χ0) is 8.72. The Labute approximate surface area is 79.1 Å². The van der Waals surface area contributed by atoms with Crippen molar-refractivity contribution in [2.24, 2.45) is 0 Å². The van der Waals surface area contributed by atoms with Crippen LogP contribution in [0.4, 0.5) is 0 Å². The van der Waals surface area contributed by atoms with E-state index in [1.54, 1.807) is 0 Å². The van der Waals surface area contributed by atoms with Crippen LogP contribution in [0.3, 0.4) is 0 Å². The summed E-state index contributed by atoms with van der Waals surface area (Å²) >= 11 is 3.29. The maximum atomic E-state index is 11.3. The van der Waals surface area contributed by atoms with Crippen LogP contribution in [0.5, 0.6) is 0 Å². The first kappa shape index (κ1) is 8.05. The van der Waals surface area contributed by atoms with Crippen molar-refractivity contribution in [2.45, 2.75) is 26.2 Å². The van der Waals surface area contributed by atoms with Gasteiger partial charge in [0.05, 0.1) is 4.47 Å². The minimum atomic E-state index is 0.00755. The zero-order valence-electron chi connectivity index (χ0n) is 6.91. The number of nitrogens with one attached hydrogen (secondary N) is 1. The summed E-state index contributed by atoms with van der Waals surface area (Å²) in [5, 5.41) is 0. The highest BCUT2D eigenvalue weighted by molar-refractivity contribution is 9.10. The lowest BCUT2D eigenvalue weighted by atomic mass is 10.1. The van der Waals surface area contributed by atoms with Gasteiger partial charge in [-0.1, -0.05) is 0 Å². The van der Waals surface area contributed by atoms with Gasteiger partial charge in [-0.15, -0.1) is 0 Å². The lowest BCUT2D eigenvalue weighted by Gasteiger charge is -2.04. The lowest BCUT2D eigenvalue weighted by Crippen LogP contribution is -2.12. The minimum absolute atomic E-state index is 0.00755. The maximum absolute atomic E-state index is 11.3. The quantitative estimate of drug-likeness (QED) is 0.723. The van der Waals surface area contributed by atoms with Crippen LogP contribution in [0.15, 0.2) is 9.27 Å². The average molecular weight is 228 g/mol. The molecule has 0 saturated heterocycles. The number of pyridine rings is 1. The third kappa shape index (κ3) is 1.04. The third-order valence-electron chi connectivity index (χ3n) is 2.46. The number of aromatic amines is 1. The molecule has 0 bridgehead atoms. The summed E-state index contributed by atoms with van der Waals surface area (Å²) in [5.74, 6) is 0. The predicted molar refractivity (Wildman–Crippen MR) is 51.5 cm³/mol. The van der Waals surface area contributed by atoms with E-state index in [9.17, 15) is 4.79 Å².